The molecule has 0 bridgehead atoms. The third-order valence-corrected chi connectivity index (χ3v) is 5.24. The molecule has 1 aliphatic carbocycles. The van der Waals surface area contributed by atoms with Gasteiger partial charge in [0.05, 0.1) is 16.8 Å². The van der Waals surface area contributed by atoms with E-state index in [0.29, 0.717) is 0 Å². The molecule has 1 heterocycles. The number of hydrogen-bond donors (Lipinski definition) is 1. The van der Waals surface area contributed by atoms with Crippen LogP contribution in [-0.2, 0) is 29.9 Å². The molecule has 0 saturated carbocycles. The van der Waals surface area contributed by atoms with Crippen molar-refractivity contribution in [3.63, 3.8) is 0 Å². The molecule has 0 atom stereocenters. The third kappa shape index (κ3) is 3.29. The van der Waals surface area contributed by atoms with Crippen molar-refractivity contribution in [1.29, 1.82) is 0 Å². The van der Waals surface area contributed by atoms with Gasteiger partial charge in [0.1, 0.15) is 12.4 Å². The van der Waals surface area contributed by atoms with Crippen molar-refractivity contribution in [2.24, 2.45) is 0 Å². The number of aromatic nitrogens is 2. The van der Waals surface area contributed by atoms with Crippen LogP contribution in [0.3, 0.4) is 0 Å². The molecule has 1 amide bonds. The fraction of sp³-hybridized carbons (Fsp3) is 0.300. The fourth-order valence-electron chi connectivity index (χ4n) is 3.53. The number of hydrogen-bond acceptors (Lipinski definition) is 3. The summed E-state index contributed by atoms with van der Waals surface area (Å²) in [5.74, 6) is 1.72. The summed E-state index contributed by atoms with van der Waals surface area (Å²) in [6.07, 6.45) is 5.53. The number of anilines is 1. The number of rotatable bonds is 5. The summed E-state index contributed by atoms with van der Waals surface area (Å²) in [6.45, 7) is 0.285. The van der Waals surface area contributed by atoms with Crippen molar-refractivity contribution >= 4 is 34.4 Å². The van der Waals surface area contributed by atoms with Crippen LogP contribution in [0, 0.1) is 0 Å². The van der Waals surface area contributed by atoms with Gasteiger partial charge in [-0.15, -0.1) is 0 Å². The van der Waals surface area contributed by atoms with E-state index in [1.807, 2.05) is 41.2 Å². The Balaban J connectivity index is 1.56. The summed E-state index contributed by atoms with van der Waals surface area (Å²) < 4.78 is 2.02. The first-order valence-corrected chi connectivity index (χ1v) is 9.99. The van der Waals surface area contributed by atoms with E-state index in [0.717, 1.165) is 41.1 Å². The van der Waals surface area contributed by atoms with E-state index in [-0.39, 0.29) is 12.5 Å². The predicted molar refractivity (Wildman–Crippen MR) is 104 cm³/mol. The van der Waals surface area contributed by atoms with E-state index in [9.17, 15) is 4.79 Å². The first kappa shape index (κ1) is 16.2. The number of nitrogens with zero attached hydrogens (tertiary/aromatic N) is 2. The smallest absolute Gasteiger partial charge is 0.244 e. The van der Waals surface area contributed by atoms with Crippen LogP contribution in [0.15, 0.2) is 42.5 Å². The first-order chi connectivity index (χ1) is 12.2. The average Bonchev–Trinajstić information content (AvgIpc) is 3.20. The van der Waals surface area contributed by atoms with Gasteiger partial charge in [-0.25, -0.2) is 4.98 Å². The second kappa shape index (κ2) is 6.92. The van der Waals surface area contributed by atoms with Crippen molar-refractivity contribution in [3.05, 3.63) is 59.4 Å². The van der Waals surface area contributed by atoms with Gasteiger partial charge in [0.25, 0.3) is 0 Å². The molecule has 5 heteroatoms. The van der Waals surface area contributed by atoms with Crippen LogP contribution in [0.2, 0.25) is 0 Å². The molecule has 4 nitrogen and oxygen atoms in total. The van der Waals surface area contributed by atoms with Gasteiger partial charge in [-0.05, 0) is 60.9 Å². The summed E-state index contributed by atoms with van der Waals surface area (Å²) in [4.78, 5) is 17.3. The number of thioether (sulfide) groups is 1. The van der Waals surface area contributed by atoms with Gasteiger partial charge in [-0.3, -0.25) is 4.79 Å². The van der Waals surface area contributed by atoms with Gasteiger partial charge < -0.3 is 9.88 Å². The minimum absolute atomic E-state index is 0.0107. The Bertz CT molecular complexity index is 932. The SMILES string of the molecule is CSCc1nc2ccccc2n1CC(=O)Nc1ccc2c(c1)CCC2. The quantitative estimate of drug-likeness (QED) is 0.755. The number of benzene rings is 2. The van der Waals surface area contributed by atoms with E-state index in [2.05, 4.69) is 22.4 Å². The zero-order valence-corrected chi connectivity index (χ0v) is 15.1. The lowest BCUT2D eigenvalue weighted by Gasteiger charge is -2.11. The maximum atomic E-state index is 12.6. The van der Waals surface area contributed by atoms with Crippen molar-refractivity contribution < 1.29 is 4.79 Å². The highest BCUT2D eigenvalue weighted by Gasteiger charge is 2.15. The Kier molecular flexibility index (Phi) is 4.49. The molecule has 1 aromatic heterocycles. The molecule has 3 aromatic rings. The molecule has 0 radical (unpaired) electrons. The highest BCUT2D eigenvalue weighted by atomic mass is 32.2. The van der Waals surface area contributed by atoms with Gasteiger partial charge in [-0.1, -0.05) is 18.2 Å². The minimum atomic E-state index is -0.0107. The Morgan fingerprint density at radius 3 is 2.92 bits per heavy atom. The average molecular weight is 351 g/mol. The highest BCUT2D eigenvalue weighted by Crippen LogP contribution is 2.25. The third-order valence-electron chi connectivity index (χ3n) is 4.69. The highest BCUT2D eigenvalue weighted by molar-refractivity contribution is 7.97. The predicted octanol–water partition coefficient (Wildman–Crippen LogP) is 4.03. The number of fused-ring (bicyclic) bond motifs is 2. The van der Waals surface area contributed by atoms with Gasteiger partial charge in [0.15, 0.2) is 0 Å². The summed E-state index contributed by atoms with van der Waals surface area (Å²) >= 11 is 1.71. The fourth-order valence-corrected chi connectivity index (χ4v) is 4.01. The topological polar surface area (TPSA) is 46.9 Å². The summed E-state index contributed by atoms with van der Waals surface area (Å²) in [5.41, 5.74) is 5.63. The Morgan fingerprint density at radius 1 is 1.20 bits per heavy atom. The number of imidazole rings is 1. The van der Waals surface area contributed by atoms with Gasteiger partial charge in [0.2, 0.25) is 5.91 Å². The lowest BCUT2D eigenvalue weighted by atomic mass is 10.1. The number of amides is 1. The number of para-hydroxylation sites is 2. The van der Waals surface area contributed by atoms with E-state index >= 15 is 0 Å². The Morgan fingerprint density at radius 2 is 2.04 bits per heavy atom. The van der Waals surface area contributed by atoms with Gasteiger partial charge in [-0.2, -0.15) is 11.8 Å². The van der Waals surface area contributed by atoms with Gasteiger partial charge >= 0.3 is 0 Å². The molecule has 0 aliphatic heterocycles. The van der Waals surface area contributed by atoms with Crippen LogP contribution >= 0.6 is 11.8 Å². The minimum Gasteiger partial charge on any atom is -0.325 e. The molecule has 2 aromatic carbocycles. The zero-order valence-electron chi connectivity index (χ0n) is 14.3. The second-order valence-electron chi connectivity index (χ2n) is 6.42. The molecule has 0 fully saturated rings. The van der Waals surface area contributed by atoms with E-state index < -0.39 is 0 Å². The summed E-state index contributed by atoms with van der Waals surface area (Å²) in [7, 11) is 0. The van der Waals surface area contributed by atoms with Crippen LogP contribution in [0.1, 0.15) is 23.4 Å². The molecule has 1 N–H and O–H groups in total. The lowest BCUT2D eigenvalue weighted by Crippen LogP contribution is -2.20. The second-order valence-corrected chi connectivity index (χ2v) is 7.29. The molecule has 0 saturated heterocycles. The number of carbonyl (C=O) groups is 1. The van der Waals surface area contributed by atoms with Crippen molar-refractivity contribution in [2.45, 2.75) is 31.6 Å². The Hall–Kier alpha value is -2.27. The maximum Gasteiger partial charge on any atom is 0.244 e. The largest absolute Gasteiger partial charge is 0.325 e. The van der Waals surface area contributed by atoms with E-state index in [1.165, 1.54) is 17.5 Å². The molecule has 0 unspecified atom stereocenters. The molecular weight excluding hydrogens is 330 g/mol. The van der Waals surface area contributed by atoms with Crippen molar-refractivity contribution in [3.8, 4) is 0 Å². The van der Waals surface area contributed by atoms with Gasteiger partial charge in [0, 0.05) is 5.69 Å². The normalized spacial score (nSPS) is 13.2. The standard InChI is InChI=1S/C20H21N3OS/c1-25-13-19-22-17-7-2-3-8-18(17)23(19)12-20(24)21-16-10-9-14-5-4-6-15(14)11-16/h2-3,7-11H,4-6,12-13H2,1H3,(H,21,24). The van der Waals surface area contributed by atoms with Crippen molar-refractivity contribution in [2.75, 3.05) is 11.6 Å². The van der Waals surface area contributed by atoms with Crippen LogP contribution in [-0.4, -0.2) is 21.7 Å². The van der Waals surface area contributed by atoms with Crippen LogP contribution in [0.25, 0.3) is 11.0 Å². The maximum absolute atomic E-state index is 12.6. The summed E-state index contributed by atoms with van der Waals surface area (Å²) in [6, 6.07) is 14.3. The number of carbonyl (C=O) groups excluding carboxylic acids is 1. The molecular formula is C20H21N3OS. The van der Waals surface area contributed by atoms with Crippen molar-refractivity contribution in [1.82, 2.24) is 9.55 Å². The molecule has 0 spiro atoms. The molecule has 4 rings (SSSR count). The molecule has 25 heavy (non-hydrogen) atoms. The zero-order chi connectivity index (χ0) is 17.2. The number of nitrogens with one attached hydrogen (secondary N) is 1. The van der Waals surface area contributed by atoms with E-state index in [4.69, 9.17) is 0 Å². The first-order valence-electron chi connectivity index (χ1n) is 8.59. The van der Waals surface area contributed by atoms with E-state index in [1.54, 1.807) is 11.8 Å². The summed E-state index contributed by atoms with van der Waals surface area (Å²) in [5, 5.41) is 3.05. The Labute approximate surface area is 151 Å². The molecule has 128 valence electrons. The molecule has 1 aliphatic rings. The van der Waals surface area contributed by atoms with Crippen LogP contribution < -0.4 is 5.32 Å². The lowest BCUT2D eigenvalue weighted by molar-refractivity contribution is -0.116. The van der Waals surface area contributed by atoms with Crippen LogP contribution in [0.4, 0.5) is 5.69 Å². The number of aryl methyl sites for hydroxylation is 2. The monoisotopic (exact) mass is 351 g/mol. The van der Waals surface area contributed by atoms with Crippen LogP contribution in [0.5, 0.6) is 0 Å².